The summed E-state index contributed by atoms with van der Waals surface area (Å²) < 4.78 is 36.7. The second-order valence-corrected chi connectivity index (χ2v) is 5.14. The van der Waals surface area contributed by atoms with Gasteiger partial charge in [-0.05, 0) is 18.1 Å². The minimum atomic E-state index is -4.31. The largest absolute Gasteiger partial charge is 0.417 e. The summed E-state index contributed by atoms with van der Waals surface area (Å²) in [7, 11) is 0. The lowest BCUT2D eigenvalue weighted by molar-refractivity contribution is -0.137. The molecule has 6 heteroatoms. The van der Waals surface area contributed by atoms with Crippen molar-refractivity contribution in [3.05, 3.63) is 23.9 Å². The lowest BCUT2D eigenvalue weighted by Gasteiger charge is -2.08. The normalized spacial score (nSPS) is 13.8. The van der Waals surface area contributed by atoms with E-state index < -0.39 is 11.7 Å². The summed E-state index contributed by atoms with van der Waals surface area (Å²) in [5.74, 6) is 1.30. The van der Waals surface area contributed by atoms with Crippen molar-refractivity contribution < 1.29 is 13.2 Å². The van der Waals surface area contributed by atoms with E-state index in [1.165, 1.54) is 17.8 Å². The zero-order valence-electron chi connectivity index (χ0n) is 8.59. The third-order valence-electron chi connectivity index (χ3n) is 1.84. The molecule has 0 aliphatic carbocycles. The van der Waals surface area contributed by atoms with Crippen LogP contribution in [-0.4, -0.2) is 16.1 Å². The van der Waals surface area contributed by atoms with Gasteiger partial charge in [-0.25, -0.2) is 4.98 Å². The first kappa shape index (κ1) is 13.8. The fourth-order valence-electron chi connectivity index (χ4n) is 0.906. The molecule has 1 unspecified atom stereocenters. The molecule has 1 atom stereocenters. The van der Waals surface area contributed by atoms with Crippen molar-refractivity contribution in [2.45, 2.75) is 18.1 Å². The minimum absolute atomic E-state index is 0.467. The first-order chi connectivity index (χ1) is 7.43. The molecule has 0 aliphatic rings. The van der Waals surface area contributed by atoms with Crippen LogP contribution in [-0.2, 0) is 6.18 Å². The van der Waals surface area contributed by atoms with Crippen LogP contribution in [0.3, 0.4) is 0 Å². The number of halogens is 4. The summed E-state index contributed by atoms with van der Waals surface area (Å²) >= 11 is 4.81. The molecule has 0 aliphatic heterocycles. The molecule has 0 bridgehead atoms. The predicted molar refractivity (Wildman–Crippen MR) is 62.9 cm³/mol. The van der Waals surface area contributed by atoms with Gasteiger partial charge in [0.2, 0.25) is 0 Å². The van der Waals surface area contributed by atoms with Gasteiger partial charge in [-0.2, -0.15) is 13.2 Å². The molecule has 0 aromatic carbocycles. The maximum absolute atomic E-state index is 12.2. The molecule has 90 valence electrons. The second-order valence-electron chi connectivity index (χ2n) is 3.45. The molecule has 1 nitrogen and oxygen atoms in total. The SMILES string of the molecule is CC(CBr)CSc1ccc(C(F)(F)F)cn1. The first-order valence-corrected chi connectivity index (χ1v) is 6.76. The molecule has 0 N–H and O–H groups in total. The lowest BCUT2D eigenvalue weighted by Crippen LogP contribution is -2.05. The maximum atomic E-state index is 12.2. The Balaban J connectivity index is 2.58. The van der Waals surface area contributed by atoms with Crippen molar-refractivity contribution in [2.24, 2.45) is 5.92 Å². The van der Waals surface area contributed by atoms with Gasteiger partial charge >= 0.3 is 6.18 Å². The standard InChI is InChI=1S/C10H11BrF3NS/c1-7(4-11)6-16-9-3-2-8(5-15-9)10(12,13)14/h2-3,5,7H,4,6H2,1H3. The quantitative estimate of drug-likeness (QED) is 0.609. The fraction of sp³-hybridized carbons (Fsp3) is 0.500. The fourth-order valence-corrected chi connectivity index (χ4v) is 2.30. The van der Waals surface area contributed by atoms with E-state index in [0.717, 1.165) is 23.3 Å². The number of hydrogen-bond donors (Lipinski definition) is 0. The Morgan fingerprint density at radius 3 is 2.56 bits per heavy atom. The topological polar surface area (TPSA) is 12.9 Å². The average Bonchev–Trinajstić information content (AvgIpc) is 2.25. The molecule has 0 radical (unpaired) electrons. The van der Waals surface area contributed by atoms with Crippen LogP contribution in [0.15, 0.2) is 23.4 Å². The van der Waals surface area contributed by atoms with E-state index in [9.17, 15) is 13.2 Å². The van der Waals surface area contributed by atoms with Crippen molar-refractivity contribution in [2.75, 3.05) is 11.1 Å². The van der Waals surface area contributed by atoms with E-state index in [4.69, 9.17) is 0 Å². The van der Waals surface area contributed by atoms with Gasteiger partial charge in [0.25, 0.3) is 0 Å². The van der Waals surface area contributed by atoms with Crippen molar-refractivity contribution in [3.8, 4) is 0 Å². The molecular weight excluding hydrogens is 303 g/mol. The molecule has 0 saturated heterocycles. The molecule has 1 aromatic heterocycles. The zero-order valence-corrected chi connectivity index (χ0v) is 11.0. The van der Waals surface area contributed by atoms with Crippen LogP contribution in [0.5, 0.6) is 0 Å². The number of pyridine rings is 1. The van der Waals surface area contributed by atoms with Gasteiger partial charge in [0, 0.05) is 17.3 Å². The van der Waals surface area contributed by atoms with Crippen LogP contribution in [0.4, 0.5) is 13.2 Å². The van der Waals surface area contributed by atoms with E-state index in [2.05, 4.69) is 27.8 Å². The van der Waals surface area contributed by atoms with Gasteiger partial charge in [-0.15, -0.1) is 11.8 Å². The van der Waals surface area contributed by atoms with Gasteiger partial charge < -0.3 is 0 Å². The number of thioether (sulfide) groups is 1. The van der Waals surface area contributed by atoms with Crippen molar-refractivity contribution >= 4 is 27.7 Å². The lowest BCUT2D eigenvalue weighted by atomic mass is 10.3. The maximum Gasteiger partial charge on any atom is 0.417 e. The Labute approximate surface area is 105 Å². The van der Waals surface area contributed by atoms with Crippen LogP contribution in [0.1, 0.15) is 12.5 Å². The summed E-state index contributed by atoms with van der Waals surface area (Å²) in [5.41, 5.74) is -0.703. The van der Waals surface area contributed by atoms with E-state index in [0.29, 0.717) is 10.9 Å². The Morgan fingerprint density at radius 1 is 1.44 bits per heavy atom. The van der Waals surface area contributed by atoms with Gasteiger partial charge in [0.1, 0.15) is 0 Å². The summed E-state index contributed by atoms with van der Waals surface area (Å²) in [6.45, 7) is 2.06. The molecule has 1 rings (SSSR count). The Kier molecular flexibility index (Phi) is 5.11. The monoisotopic (exact) mass is 313 g/mol. The second kappa shape index (κ2) is 5.91. The van der Waals surface area contributed by atoms with Crippen molar-refractivity contribution in [1.82, 2.24) is 4.98 Å². The van der Waals surface area contributed by atoms with E-state index in [-0.39, 0.29) is 0 Å². The predicted octanol–water partition coefficient (Wildman–Crippen LogP) is 4.22. The molecule has 0 amide bonds. The molecule has 0 spiro atoms. The highest BCUT2D eigenvalue weighted by molar-refractivity contribution is 9.09. The zero-order chi connectivity index (χ0) is 12.2. The third kappa shape index (κ3) is 4.33. The van der Waals surface area contributed by atoms with Crippen molar-refractivity contribution in [3.63, 3.8) is 0 Å². The third-order valence-corrected chi connectivity index (χ3v) is 4.22. The number of rotatable bonds is 4. The summed E-state index contributed by atoms with van der Waals surface area (Å²) in [6.07, 6.45) is -3.43. The van der Waals surface area contributed by atoms with E-state index in [1.807, 2.05) is 0 Å². The summed E-state index contributed by atoms with van der Waals surface area (Å²) in [4.78, 5) is 3.78. The molecule has 0 saturated carbocycles. The molecule has 0 fully saturated rings. The van der Waals surface area contributed by atoms with Gasteiger partial charge in [0.05, 0.1) is 10.6 Å². The highest BCUT2D eigenvalue weighted by atomic mass is 79.9. The minimum Gasteiger partial charge on any atom is -0.249 e. The molecule has 16 heavy (non-hydrogen) atoms. The first-order valence-electron chi connectivity index (χ1n) is 4.65. The van der Waals surface area contributed by atoms with Crippen molar-refractivity contribution in [1.29, 1.82) is 0 Å². The van der Waals surface area contributed by atoms with Gasteiger partial charge in [-0.1, -0.05) is 22.9 Å². The van der Waals surface area contributed by atoms with Gasteiger partial charge in [-0.3, -0.25) is 0 Å². The Bertz CT molecular complexity index is 326. The Hall–Kier alpha value is -0.230. The van der Waals surface area contributed by atoms with Crippen LogP contribution in [0, 0.1) is 5.92 Å². The average molecular weight is 314 g/mol. The smallest absolute Gasteiger partial charge is 0.249 e. The summed E-state index contributed by atoms with van der Waals surface area (Å²) in [5, 5.41) is 1.50. The van der Waals surface area contributed by atoms with Crippen LogP contribution < -0.4 is 0 Å². The molecular formula is C10H11BrF3NS. The number of alkyl halides is 4. The van der Waals surface area contributed by atoms with Gasteiger partial charge in [0.15, 0.2) is 0 Å². The Morgan fingerprint density at radius 2 is 2.12 bits per heavy atom. The molecule has 1 aromatic rings. The van der Waals surface area contributed by atoms with Crippen LogP contribution in [0.2, 0.25) is 0 Å². The molecule has 1 heterocycles. The van der Waals surface area contributed by atoms with E-state index in [1.54, 1.807) is 0 Å². The number of aromatic nitrogens is 1. The number of hydrogen-bond acceptors (Lipinski definition) is 2. The highest BCUT2D eigenvalue weighted by Crippen LogP contribution is 2.29. The van der Waals surface area contributed by atoms with Crippen LogP contribution in [0.25, 0.3) is 0 Å². The number of nitrogens with zero attached hydrogens (tertiary/aromatic N) is 1. The summed E-state index contributed by atoms with van der Waals surface area (Å²) in [6, 6.07) is 2.47. The van der Waals surface area contributed by atoms with Crippen LogP contribution >= 0.6 is 27.7 Å². The highest BCUT2D eigenvalue weighted by Gasteiger charge is 2.30. The van der Waals surface area contributed by atoms with E-state index >= 15 is 0 Å².